The molecule has 0 aliphatic carbocycles. The van der Waals surface area contributed by atoms with Gasteiger partial charge >= 0.3 is 17.9 Å². The largest absolute Gasteiger partial charge is 0.462 e. The first-order chi connectivity index (χ1) is 26.4. The average Bonchev–Trinajstić information content (AvgIpc) is 3.15. The summed E-state index contributed by atoms with van der Waals surface area (Å²) in [6.45, 7) is 8.97. The first kappa shape index (κ1) is 52.4. The van der Waals surface area contributed by atoms with Crippen molar-refractivity contribution >= 4 is 17.9 Å². The van der Waals surface area contributed by atoms with Crippen molar-refractivity contribution in [3.8, 4) is 0 Å². The maximum Gasteiger partial charge on any atom is 0.306 e. The normalized spacial score (nSPS) is 11.9. The Hall–Kier alpha value is -1.59. The fourth-order valence-corrected chi connectivity index (χ4v) is 7.16. The van der Waals surface area contributed by atoms with E-state index < -0.39 is 6.10 Å². The Balaban J connectivity index is 4.31. The number of carbonyl (C=O) groups excluding carboxylic acids is 3. The van der Waals surface area contributed by atoms with E-state index in [0.29, 0.717) is 19.3 Å². The summed E-state index contributed by atoms with van der Waals surface area (Å²) in [5.74, 6) is -0.0559. The van der Waals surface area contributed by atoms with Gasteiger partial charge in [-0.3, -0.25) is 14.4 Å². The molecule has 0 radical (unpaired) electrons. The molecule has 0 aliphatic rings. The molecule has 6 heteroatoms. The van der Waals surface area contributed by atoms with Gasteiger partial charge in [0, 0.05) is 19.3 Å². The summed E-state index contributed by atoms with van der Waals surface area (Å²) < 4.78 is 16.7. The molecule has 0 heterocycles. The molecule has 0 amide bonds. The summed E-state index contributed by atoms with van der Waals surface area (Å²) >= 11 is 0. The molecule has 0 fully saturated rings. The van der Waals surface area contributed by atoms with E-state index in [4.69, 9.17) is 14.2 Å². The zero-order valence-electron chi connectivity index (χ0n) is 36.7. The van der Waals surface area contributed by atoms with Gasteiger partial charge in [0.1, 0.15) is 13.2 Å². The molecule has 0 bridgehead atoms. The van der Waals surface area contributed by atoms with Gasteiger partial charge in [-0.25, -0.2) is 0 Å². The molecule has 0 saturated carbocycles. The van der Waals surface area contributed by atoms with Crippen LogP contribution in [-0.2, 0) is 28.6 Å². The SMILES string of the molecule is CCCCCCCCCCCCCCCCC(=O)OC[C@@H](COC(=O)CCCCCCCCCCC(C)C)OC(=O)CCCCCCCCCCCCC. The smallest absolute Gasteiger partial charge is 0.306 e. The number of ether oxygens (including phenoxy) is 3. The van der Waals surface area contributed by atoms with Gasteiger partial charge in [-0.2, -0.15) is 0 Å². The third kappa shape index (κ3) is 41.6. The van der Waals surface area contributed by atoms with Crippen molar-refractivity contribution in [1.29, 1.82) is 0 Å². The van der Waals surface area contributed by atoms with E-state index in [-0.39, 0.29) is 31.1 Å². The van der Waals surface area contributed by atoms with Crippen LogP contribution in [0, 0.1) is 5.92 Å². The van der Waals surface area contributed by atoms with Crippen LogP contribution in [0.15, 0.2) is 0 Å². The minimum absolute atomic E-state index is 0.0636. The van der Waals surface area contributed by atoms with Gasteiger partial charge in [-0.05, 0) is 25.2 Å². The molecule has 0 aromatic rings. The van der Waals surface area contributed by atoms with Crippen molar-refractivity contribution in [3.63, 3.8) is 0 Å². The lowest BCUT2D eigenvalue weighted by molar-refractivity contribution is -0.167. The van der Waals surface area contributed by atoms with Crippen LogP contribution in [0.3, 0.4) is 0 Å². The van der Waals surface area contributed by atoms with Crippen LogP contribution in [-0.4, -0.2) is 37.2 Å². The molecule has 54 heavy (non-hydrogen) atoms. The summed E-state index contributed by atoms with van der Waals surface area (Å²) in [6, 6.07) is 0. The number of esters is 3. The van der Waals surface area contributed by atoms with Crippen LogP contribution in [0.2, 0.25) is 0 Å². The van der Waals surface area contributed by atoms with E-state index in [9.17, 15) is 14.4 Å². The molecule has 320 valence electrons. The van der Waals surface area contributed by atoms with Crippen molar-refractivity contribution in [3.05, 3.63) is 0 Å². The van der Waals surface area contributed by atoms with Gasteiger partial charge in [0.05, 0.1) is 0 Å². The summed E-state index contributed by atoms with van der Waals surface area (Å²) in [4.78, 5) is 37.7. The van der Waals surface area contributed by atoms with Crippen LogP contribution >= 0.6 is 0 Å². The quantitative estimate of drug-likeness (QED) is 0.0349. The van der Waals surface area contributed by atoms with E-state index in [0.717, 1.165) is 63.7 Å². The van der Waals surface area contributed by atoms with Crippen molar-refractivity contribution in [1.82, 2.24) is 0 Å². The molecule has 0 N–H and O–H groups in total. The topological polar surface area (TPSA) is 78.9 Å². The lowest BCUT2D eigenvalue weighted by Gasteiger charge is -2.18. The van der Waals surface area contributed by atoms with Crippen molar-refractivity contribution < 1.29 is 28.6 Å². The maximum atomic E-state index is 12.7. The third-order valence-electron chi connectivity index (χ3n) is 10.8. The van der Waals surface area contributed by atoms with Crippen molar-refractivity contribution in [2.45, 2.75) is 271 Å². The number of unbranched alkanes of at least 4 members (excludes halogenated alkanes) is 30. The first-order valence-electron chi connectivity index (χ1n) is 23.9. The van der Waals surface area contributed by atoms with Gasteiger partial charge in [0.25, 0.3) is 0 Å². The Morgan fingerprint density at radius 1 is 0.352 bits per heavy atom. The Labute approximate surface area is 336 Å². The highest BCUT2D eigenvalue weighted by molar-refractivity contribution is 5.71. The van der Waals surface area contributed by atoms with Gasteiger partial charge in [-0.1, -0.05) is 227 Å². The molecular weight excluding hydrogens is 673 g/mol. The average molecular weight is 765 g/mol. The second-order valence-corrected chi connectivity index (χ2v) is 16.9. The molecule has 0 spiro atoms. The molecule has 1 atom stereocenters. The van der Waals surface area contributed by atoms with Gasteiger partial charge in [0.15, 0.2) is 6.10 Å². The van der Waals surface area contributed by atoms with Crippen LogP contribution < -0.4 is 0 Å². The van der Waals surface area contributed by atoms with Crippen LogP contribution in [0.5, 0.6) is 0 Å². The Bertz CT molecular complexity index is 811. The number of carbonyl (C=O) groups is 3. The predicted molar refractivity (Wildman–Crippen MR) is 229 cm³/mol. The van der Waals surface area contributed by atoms with Crippen molar-refractivity contribution in [2.75, 3.05) is 13.2 Å². The minimum atomic E-state index is -0.759. The molecule has 0 aromatic carbocycles. The standard InChI is InChI=1S/C48H92O6/c1-5-7-9-11-13-15-17-18-19-21-22-27-31-35-39-46(49)52-42-45(54-48(51)41-37-33-29-23-20-16-14-12-10-8-6-2)43-53-47(50)40-36-32-28-25-24-26-30-34-38-44(3)4/h44-45H,5-43H2,1-4H3/t45-/m0/s1. The fourth-order valence-electron chi connectivity index (χ4n) is 7.16. The number of hydrogen-bond acceptors (Lipinski definition) is 6. The maximum absolute atomic E-state index is 12.7. The van der Waals surface area contributed by atoms with E-state index in [1.54, 1.807) is 0 Å². The summed E-state index contributed by atoms with van der Waals surface area (Å²) in [5.41, 5.74) is 0. The highest BCUT2D eigenvalue weighted by Crippen LogP contribution is 2.16. The van der Waals surface area contributed by atoms with Gasteiger partial charge < -0.3 is 14.2 Å². The lowest BCUT2D eigenvalue weighted by atomic mass is 10.0. The Kier molecular flexibility index (Phi) is 41.3. The molecule has 0 aliphatic heterocycles. The van der Waals surface area contributed by atoms with E-state index >= 15 is 0 Å². The monoisotopic (exact) mass is 765 g/mol. The number of rotatable bonds is 43. The highest BCUT2D eigenvalue weighted by atomic mass is 16.6. The van der Waals surface area contributed by atoms with Crippen LogP contribution in [0.4, 0.5) is 0 Å². The fraction of sp³-hybridized carbons (Fsp3) is 0.938. The number of hydrogen-bond donors (Lipinski definition) is 0. The summed E-state index contributed by atoms with van der Waals surface area (Å²) in [7, 11) is 0. The molecule has 0 rings (SSSR count). The highest BCUT2D eigenvalue weighted by Gasteiger charge is 2.19. The Morgan fingerprint density at radius 3 is 0.907 bits per heavy atom. The zero-order valence-corrected chi connectivity index (χ0v) is 36.7. The zero-order chi connectivity index (χ0) is 39.6. The molecule has 6 nitrogen and oxygen atoms in total. The molecular formula is C48H92O6. The van der Waals surface area contributed by atoms with E-state index in [1.807, 2.05) is 0 Å². The summed E-state index contributed by atoms with van der Waals surface area (Å²) in [6.07, 6.45) is 42.3. The second kappa shape index (κ2) is 42.6. The van der Waals surface area contributed by atoms with Crippen LogP contribution in [0.1, 0.15) is 265 Å². The predicted octanol–water partition coefficient (Wildman–Crippen LogP) is 15.1. The van der Waals surface area contributed by atoms with Crippen LogP contribution in [0.25, 0.3) is 0 Å². The minimum Gasteiger partial charge on any atom is -0.462 e. The molecule has 0 aromatic heterocycles. The van der Waals surface area contributed by atoms with Gasteiger partial charge in [-0.15, -0.1) is 0 Å². The Morgan fingerprint density at radius 2 is 0.611 bits per heavy atom. The molecule has 0 unspecified atom stereocenters. The van der Waals surface area contributed by atoms with Crippen molar-refractivity contribution in [2.24, 2.45) is 5.92 Å². The second-order valence-electron chi connectivity index (χ2n) is 16.9. The van der Waals surface area contributed by atoms with Gasteiger partial charge in [0.2, 0.25) is 0 Å². The first-order valence-corrected chi connectivity index (χ1v) is 23.9. The lowest BCUT2D eigenvalue weighted by Crippen LogP contribution is -2.30. The summed E-state index contributed by atoms with van der Waals surface area (Å²) in [5, 5.41) is 0. The van der Waals surface area contributed by atoms with E-state index in [1.165, 1.54) is 161 Å². The third-order valence-corrected chi connectivity index (χ3v) is 10.8. The van der Waals surface area contributed by atoms with E-state index in [2.05, 4.69) is 27.7 Å². The molecule has 0 saturated heterocycles.